The number of benzene rings is 1. The molecule has 2 aliphatic rings. The quantitative estimate of drug-likeness (QED) is 0.585. The molecule has 34 heavy (non-hydrogen) atoms. The Morgan fingerprint density at radius 2 is 2.00 bits per heavy atom. The summed E-state index contributed by atoms with van der Waals surface area (Å²) in [5.74, 6) is -5.24. The van der Waals surface area contributed by atoms with Crippen LogP contribution in [0, 0.1) is 11.6 Å². The molecular weight excluding hydrogens is 504 g/mol. The van der Waals surface area contributed by atoms with E-state index in [2.05, 4.69) is 10.1 Å². The summed E-state index contributed by atoms with van der Waals surface area (Å²) >= 11 is 6.01. The van der Waals surface area contributed by atoms with Crippen LogP contribution in [0.15, 0.2) is 35.6 Å². The number of aliphatic hydroxyl groups excluding tert-OH is 1. The summed E-state index contributed by atoms with van der Waals surface area (Å²) in [6, 6.07) is 2.79. The van der Waals surface area contributed by atoms with Crippen LogP contribution in [-0.2, 0) is 20.5 Å². The van der Waals surface area contributed by atoms with Crippen LogP contribution < -0.4 is 4.72 Å². The Hall–Kier alpha value is -2.48. The molecule has 0 amide bonds. The highest BCUT2D eigenvalue weighted by molar-refractivity contribution is 7.88. The van der Waals surface area contributed by atoms with Crippen LogP contribution in [0.2, 0.25) is 5.02 Å². The summed E-state index contributed by atoms with van der Waals surface area (Å²) in [7, 11) is -3.91. The molecule has 3 heterocycles. The van der Waals surface area contributed by atoms with E-state index in [0.29, 0.717) is 0 Å². The van der Waals surface area contributed by atoms with Gasteiger partial charge >= 0.3 is 0 Å². The molecule has 0 radical (unpaired) electrons. The second kappa shape index (κ2) is 8.63. The fourth-order valence-corrected chi connectivity index (χ4v) is 4.95. The number of halogens is 5. The monoisotopic (exact) mass is 522 g/mol. The molecule has 2 N–H and O–H groups in total. The highest BCUT2D eigenvalue weighted by atomic mass is 35.5. The molecule has 2 atom stereocenters. The molecule has 0 bridgehead atoms. The summed E-state index contributed by atoms with van der Waals surface area (Å²) < 4.78 is 82.8. The van der Waals surface area contributed by atoms with Crippen molar-refractivity contribution in [2.75, 3.05) is 26.0 Å². The van der Waals surface area contributed by atoms with Gasteiger partial charge in [0.15, 0.2) is 0 Å². The first kappa shape index (κ1) is 24.6. The number of rotatable bonds is 5. The second-order valence-electron chi connectivity index (χ2n) is 8.16. The lowest BCUT2D eigenvalue weighted by atomic mass is 9.89. The molecule has 184 valence electrons. The summed E-state index contributed by atoms with van der Waals surface area (Å²) in [5.41, 5.74) is -2.40. The third-order valence-corrected chi connectivity index (χ3v) is 6.50. The molecular formula is C20H19ClF4N4O4S. The molecule has 1 saturated heterocycles. The van der Waals surface area contributed by atoms with Gasteiger partial charge in [0.25, 0.3) is 5.92 Å². The lowest BCUT2D eigenvalue weighted by Crippen LogP contribution is -2.46. The van der Waals surface area contributed by atoms with Gasteiger partial charge < -0.3 is 14.8 Å². The molecule has 14 heteroatoms. The van der Waals surface area contributed by atoms with E-state index in [1.54, 1.807) is 0 Å². The first-order valence-corrected chi connectivity index (χ1v) is 12.2. The summed E-state index contributed by atoms with van der Waals surface area (Å²) in [5, 5.41) is 14.1. The minimum absolute atomic E-state index is 0.0109. The SMILES string of the molecule is CS(=O)(=O)N[C@@H]1CN(C2=NOC(CO)(c3ncc(Cl)cc3-c3c(F)cccc3F)C2)CC1(F)F. The summed E-state index contributed by atoms with van der Waals surface area (Å²) in [4.78, 5) is 10.7. The molecule has 4 rings (SSSR count). The Labute approximate surface area is 197 Å². The van der Waals surface area contributed by atoms with Crippen molar-refractivity contribution >= 4 is 27.5 Å². The highest BCUT2D eigenvalue weighted by Crippen LogP contribution is 2.42. The number of hydrogen-bond donors (Lipinski definition) is 2. The topological polar surface area (TPSA) is 104 Å². The highest BCUT2D eigenvalue weighted by Gasteiger charge is 2.53. The minimum Gasteiger partial charge on any atom is -0.392 e. The molecule has 1 fully saturated rings. The van der Waals surface area contributed by atoms with E-state index in [0.717, 1.165) is 23.3 Å². The lowest BCUT2D eigenvalue weighted by Gasteiger charge is -2.27. The van der Waals surface area contributed by atoms with Crippen LogP contribution in [0.4, 0.5) is 17.6 Å². The number of oxime groups is 1. The Bertz CT molecular complexity index is 1240. The van der Waals surface area contributed by atoms with Crippen molar-refractivity contribution in [1.82, 2.24) is 14.6 Å². The minimum atomic E-state index is -3.91. The molecule has 2 aliphatic heterocycles. The van der Waals surface area contributed by atoms with E-state index in [1.807, 2.05) is 4.72 Å². The van der Waals surface area contributed by atoms with Crippen LogP contribution in [0.5, 0.6) is 0 Å². The fourth-order valence-electron chi connectivity index (χ4n) is 4.03. The van der Waals surface area contributed by atoms with Crippen molar-refractivity contribution in [3.63, 3.8) is 0 Å². The molecule has 0 spiro atoms. The Kier molecular flexibility index (Phi) is 6.25. The van der Waals surface area contributed by atoms with Crippen molar-refractivity contribution in [3.8, 4) is 11.1 Å². The van der Waals surface area contributed by atoms with Gasteiger partial charge in [-0.05, 0) is 18.2 Å². The third kappa shape index (κ3) is 4.57. The zero-order valence-electron chi connectivity index (χ0n) is 17.6. The lowest BCUT2D eigenvalue weighted by molar-refractivity contribution is -0.0646. The predicted molar refractivity (Wildman–Crippen MR) is 115 cm³/mol. The van der Waals surface area contributed by atoms with Gasteiger partial charge in [0, 0.05) is 18.3 Å². The number of likely N-dealkylation sites (tertiary alicyclic amines) is 1. The number of alkyl halides is 2. The largest absolute Gasteiger partial charge is 0.392 e. The number of sulfonamides is 1. The van der Waals surface area contributed by atoms with Crippen LogP contribution in [-0.4, -0.2) is 67.2 Å². The Morgan fingerprint density at radius 1 is 1.32 bits per heavy atom. The maximum Gasteiger partial charge on any atom is 0.282 e. The Balaban J connectivity index is 1.68. The molecule has 1 aromatic carbocycles. The number of amidine groups is 1. The number of pyridine rings is 1. The third-order valence-electron chi connectivity index (χ3n) is 5.58. The molecule has 0 saturated carbocycles. The van der Waals surface area contributed by atoms with Crippen LogP contribution >= 0.6 is 11.6 Å². The standard InChI is InChI=1S/C20H19ClF4N4O4S/c1-34(31,32)28-15-8-29(9-20(15,24)25)16-6-19(10-30,33-27-16)18-12(5-11(21)7-26-18)17-13(22)3-2-4-14(17)23/h2-5,7,15,28,30H,6,8-10H2,1H3/t15-,19?/m1/s1. The number of nitrogens with zero attached hydrogens (tertiary/aromatic N) is 3. The maximum atomic E-state index is 14.6. The predicted octanol–water partition coefficient (Wildman–Crippen LogP) is 2.47. The normalized spacial score (nSPS) is 24.3. The van der Waals surface area contributed by atoms with Crippen LogP contribution in [0.25, 0.3) is 11.1 Å². The van der Waals surface area contributed by atoms with E-state index in [-0.39, 0.29) is 28.5 Å². The van der Waals surface area contributed by atoms with Crippen LogP contribution in [0.1, 0.15) is 12.1 Å². The molecule has 0 aliphatic carbocycles. The average Bonchev–Trinajstić information content (AvgIpc) is 3.29. The number of aromatic nitrogens is 1. The zero-order chi connectivity index (χ0) is 24.9. The second-order valence-corrected chi connectivity index (χ2v) is 10.4. The molecule has 2 aromatic rings. The van der Waals surface area contributed by atoms with E-state index in [1.165, 1.54) is 18.3 Å². The number of hydrogen-bond acceptors (Lipinski definition) is 7. The van der Waals surface area contributed by atoms with Gasteiger partial charge in [-0.3, -0.25) is 4.98 Å². The van der Waals surface area contributed by atoms with Crippen molar-refractivity contribution in [2.45, 2.75) is 24.0 Å². The van der Waals surface area contributed by atoms with Crippen molar-refractivity contribution < 1.29 is 35.9 Å². The zero-order valence-corrected chi connectivity index (χ0v) is 19.2. The fraction of sp³-hybridized carbons (Fsp3) is 0.400. The first-order valence-electron chi connectivity index (χ1n) is 9.91. The van der Waals surface area contributed by atoms with Gasteiger partial charge in [-0.25, -0.2) is 30.7 Å². The van der Waals surface area contributed by atoms with Gasteiger partial charge in [0.05, 0.1) is 42.1 Å². The molecule has 8 nitrogen and oxygen atoms in total. The summed E-state index contributed by atoms with van der Waals surface area (Å²) in [6.45, 7) is -2.02. The number of nitrogens with one attached hydrogen (secondary N) is 1. The van der Waals surface area contributed by atoms with Crippen LogP contribution in [0.3, 0.4) is 0 Å². The first-order chi connectivity index (χ1) is 15.8. The average molecular weight is 523 g/mol. The van der Waals surface area contributed by atoms with E-state index >= 15 is 0 Å². The van der Waals surface area contributed by atoms with Gasteiger partial charge in [0.2, 0.25) is 15.6 Å². The van der Waals surface area contributed by atoms with Gasteiger partial charge in [0.1, 0.15) is 23.5 Å². The molecule has 1 unspecified atom stereocenters. The number of aliphatic hydroxyl groups is 1. The van der Waals surface area contributed by atoms with E-state index in [4.69, 9.17) is 16.4 Å². The van der Waals surface area contributed by atoms with Gasteiger partial charge in [-0.15, -0.1) is 0 Å². The summed E-state index contributed by atoms with van der Waals surface area (Å²) in [6.07, 6.45) is 1.69. The van der Waals surface area contributed by atoms with Crippen molar-refractivity contribution in [3.05, 3.63) is 52.8 Å². The van der Waals surface area contributed by atoms with Gasteiger partial charge in [-0.1, -0.05) is 22.8 Å². The Morgan fingerprint density at radius 3 is 2.62 bits per heavy atom. The smallest absolute Gasteiger partial charge is 0.282 e. The molecule has 1 aromatic heterocycles. The maximum absolute atomic E-state index is 14.6. The van der Waals surface area contributed by atoms with Gasteiger partial charge in [-0.2, -0.15) is 0 Å². The van der Waals surface area contributed by atoms with E-state index < -0.39 is 64.5 Å². The van der Waals surface area contributed by atoms with Crippen molar-refractivity contribution in [2.24, 2.45) is 5.16 Å². The van der Waals surface area contributed by atoms with E-state index in [9.17, 15) is 31.1 Å². The van der Waals surface area contributed by atoms with Crippen molar-refractivity contribution in [1.29, 1.82) is 0 Å².